The molecule has 0 spiro atoms. The molecule has 1 atom stereocenters. The normalized spacial score (nSPS) is 20.0. The maximum atomic E-state index is 13.3. The molecule has 1 aromatic rings. The Kier molecular flexibility index (Phi) is 14.8. The van der Waals surface area contributed by atoms with Crippen LogP contribution in [0.3, 0.4) is 0 Å². The zero-order valence-electron chi connectivity index (χ0n) is 23.7. The summed E-state index contributed by atoms with van der Waals surface area (Å²) in [4.78, 5) is 43.6. The molecule has 224 valence electrons. The molecular weight excluding hydrogens is 569 g/mol. The van der Waals surface area contributed by atoms with Crippen LogP contribution < -0.4 is 10.7 Å². The number of hydrazone groups is 1. The number of halogens is 2. The smallest absolute Gasteiger partial charge is 0.309 e. The molecule has 1 aliphatic heterocycles. The molecule has 1 heterocycles. The molecule has 40 heavy (non-hydrogen) atoms. The Morgan fingerprint density at radius 3 is 2.17 bits per heavy atom. The van der Waals surface area contributed by atoms with Gasteiger partial charge in [0, 0.05) is 31.3 Å². The largest absolute Gasteiger partial charge is 0.345 e. The zero-order chi connectivity index (χ0) is 26.9. The van der Waals surface area contributed by atoms with Crippen molar-refractivity contribution in [3.8, 4) is 0 Å². The second-order valence-corrected chi connectivity index (χ2v) is 12.3. The van der Waals surface area contributed by atoms with Crippen LogP contribution in [0.15, 0.2) is 29.4 Å². The predicted octanol–water partition coefficient (Wildman–Crippen LogP) is 4.74. The Balaban J connectivity index is 0.00000280. The first-order chi connectivity index (χ1) is 18.4. The summed E-state index contributed by atoms with van der Waals surface area (Å²) in [6, 6.07) is 7.78. The Labute approximate surface area is 255 Å². The molecule has 4 rings (SSSR count). The third kappa shape index (κ3) is 9.93. The van der Waals surface area contributed by atoms with E-state index < -0.39 is 17.7 Å². The van der Waals surface area contributed by atoms with E-state index in [0.717, 1.165) is 83.1 Å². The first-order valence-electron chi connectivity index (χ1n) is 14.2. The minimum absolute atomic E-state index is 0. The monoisotopic (exact) mass is 613 g/mol. The molecule has 1 saturated heterocycles. The molecular formula is C29H45Cl2N5O3S. The number of hydrogen-bond donors (Lipinski definition) is 2. The first-order valence-corrected chi connectivity index (χ1v) is 15.2. The fourth-order valence-electron chi connectivity index (χ4n) is 5.82. The van der Waals surface area contributed by atoms with Gasteiger partial charge in [0.25, 0.3) is 0 Å². The van der Waals surface area contributed by atoms with Crippen molar-refractivity contribution in [2.45, 2.75) is 83.3 Å². The maximum absolute atomic E-state index is 13.3. The van der Waals surface area contributed by atoms with Gasteiger partial charge < -0.3 is 15.1 Å². The van der Waals surface area contributed by atoms with Crippen molar-refractivity contribution in [3.63, 3.8) is 0 Å². The van der Waals surface area contributed by atoms with Gasteiger partial charge in [-0.1, -0.05) is 74.6 Å². The number of carbonyl (C=O) groups is 3. The van der Waals surface area contributed by atoms with Gasteiger partial charge in [-0.3, -0.25) is 14.4 Å². The highest BCUT2D eigenvalue weighted by molar-refractivity contribution is 8.14. The van der Waals surface area contributed by atoms with E-state index >= 15 is 0 Å². The van der Waals surface area contributed by atoms with Crippen LogP contribution in [0, 0.1) is 11.8 Å². The van der Waals surface area contributed by atoms with Crippen molar-refractivity contribution in [1.82, 2.24) is 20.5 Å². The van der Waals surface area contributed by atoms with E-state index in [1.54, 1.807) is 11.8 Å². The predicted molar refractivity (Wildman–Crippen MR) is 167 cm³/mol. The van der Waals surface area contributed by atoms with Crippen molar-refractivity contribution < 1.29 is 14.4 Å². The van der Waals surface area contributed by atoms with E-state index in [-0.39, 0.29) is 42.6 Å². The van der Waals surface area contributed by atoms with E-state index in [1.165, 1.54) is 11.1 Å². The lowest BCUT2D eigenvalue weighted by Crippen LogP contribution is -2.52. The third-order valence-electron chi connectivity index (χ3n) is 7.91. The van der Waals surface area contributed by atoms with Gasteiger partial charge in [0.1, 0.15) is 6.04 Å². The van der Waals surface area contributed by atoms with Gasteiger partial charge >= 0.3 is 5.91 Å². The summed E-state index contributed by atoms with van der Waals surface area (Å²) in [6.07, 6.45) is 9.90. The van der Waals surface area contributed by atoms with E-state index in [4.69, 9.17) is 0 Å². The topological polar surface area (TPSA) is 94.1 Å². The molecule has 1 unspecified atom stereocenters. The van der Waals surface area contributed by atoms with Crippen LogP contribution in [0.1, 0.15) is 75.3 Å². The minimum Gasteiger partial charge on any atom is -0.345 e. The number of amidine groups is 1. The van der Waals surface area contributed by atoms with Crippen LogP contribution in [0.2, 0.25) is 0 Å². The maximum Gasteiger partial charge on any atom is 0.309 e. The Morgan fingerprint density at radius 2 is 1.55 bits per heavy atom. The van der Waals surface area contributed by atoms with Crippen LogP contribution in [0.5, 0.6) is 0 Å². The first kappa shape index (κ1) is 34.4. The molecule has 2 amide bonds. The quantitative estimate of drug-likeness (QED) is 0.292. The second-order valence-electron chi connectivity index (χ2n) is 11.2. The van der Waals surface area contributed by atoms with Gasteiger partial charge in [-0.25, -0.2) is 5.43 Å². The minimum atomic E-state index is -0.766. The molecule has 3 aliphatic rings. The summed E-state index contributed by atoms with van der Waals surface area (Å²) in [5, 5.41) is 8.06. The Bertz CT molecular complexity index is 996. The summed E-state index contributed by atoms with van der Waals surface area (Å²) in [5.41, 5.74) is 4.96. The standard InChI is InChI=1S/C29H43N5O3S.2ClH/c1-33(2)19-21-13-15-22(16-14-21)20-34-17-18-38-29(34)32-31-28(37)26(35)25(23-9-5-3-6-10-23)30-27(36)24-11-7-4-8-12-24;;/h13-16,23-25H,3-12,17-20H2,1-2H3,(H,30,36)(H,31,37);2*1H. The number of nitrogens with zero attached hydrogens (tertiary/aromatic N) is 3. The number of benzene rings is 1. The van der Waals surface area contributed by atoms with Crippen LogP contribution in [-0.4, -0.2) is 65.0 Å². The zero-order valence-corrected chi connectivity index (χ0v) is 26.2. The van der Waals surface area contributed by atoms with Gasteiger partial charge in [-0.15, -0.1) is 29.9 Å². The molecule has 2 saturated carbocycles. The van der Waals surface area contributed by atoms with Gasteiger partial charge in [0.05, 0.1) is 0 Å². The molecule has 2 N–H and O–H groups in total. The van der Waals surface area contributed by atoms with Crippen molar-refractivity contribution in [1.29, 1.82) is 0 Å². The number of nitrogens with one attached hydrogen (secondary N) is 2. The molecule has 3 fully saturated rings. The summed E-state index contributed by atoms with van der Waals surface area (Å²) < 4.78 is 0. The molecule has 1 aromatic carbocycles. The van der Waals surface area contributed by atoms with Gasteiger partial charge in [-0.05, 0) is 56.8 Å². The van der Waals surface area contributed by atoms with Crippen LogP contribution in [0.25, 0.3) is 0 Å². The number of rotatable bonds is 10. The van der Waals surface area contributed by atoms with E-state index in [9.17, 15) is 14.4 Å². The number of ketones is 1. The molecule has 0 radical (unpaired) electrons. The fraction of sp³-hybridized carbons (Fsp3) is 0.655. The van der Waals surface area contributed by atoms with Gasteiger partial charge in [0.15, 0.2) is 5.17 Å². The van der Waals surface area contributed by atoms with E-state index in [1.807, 2.05) is 0 Å². The third-order valence-corrected chi connectivity index (χ3v) is 8.91. The summed E-state index contributed by atoms with van der Waals surface area (Å²) >= 11 is 1.57. The SMILES string of the molecule is CN(C)Cc1ccc(CN2CCSC2=NNC(=O)C(=O)C(NC(=O)C2CCCCC2)C2CCCCC2)cc1.Cl.Cl. The van der Waals surface area contributed by atoms with Crippen molar-refractivity contribution in [3.05, 3.63) is 35.4 Å². The average molecular weight is 615 g/mol. The molecule has 2 aliphatic carbocycles. The summed E-state index contributed by atoms with van der Waals surface area (Å²) in [5.74, 6) is -0.541. The van der Waals surface area contributed by atoms with Crippen LogP contribution in [0.4, 0.5) is 0 Å². The van der Waals surface area contributed by atoms with E-state index in [0.29, 0.717) is 11.7 Å². The fourth-order valence-corrected chi connectivity index (χ4v) is 6.76. The highest BCUT2D eigenvalue weighted by Gasteiger charge is 2.36. The lowest BCUT2D eigenvalue weighted by molar-refractivity contribution is -0.141. The Morgan fingerprint density at radius 1 is 0.950 bits per heavy atom. The number of Topliss-reactive ketones (excluding diaryl/α,β-unsaturated/α-hetero) is 1. The summed E-state index contributed by atoms with van der Waals surface area (Å²) in [6.45, 7) is 2.42. The number of thioether (sulfide) groups is 1. The second kappa shape index (κ2) is 17.2. The number of hydrogen-bond acceptors (Lipinski definition) is 6. The van der Waals surface area contributed by atoms with Gasteiger partial charge in [-0.2, -0.15) is 0 Å². The van der Waals surface area contributed by atoms with Crippen LogP contribution in [-0.2, 0) is 27.5 Å². The van der Waals surface area contributed by atoms with E-state index in [2.05, 4.69) is 64.0 Å². The highest BCUT2D eigenvalue weighted by Crippen LogP contribution is 2.29. The van der Waals surface area contributed by atoms with Crippen molar-refractivity contribution >= 4 is 59.3 Å². The van der Waals surface area contributed by atoms with Crippen molar-refractivity contribution in [2.24, 2.45) is 16.9 Å². The summed E-state index contributed by atoms with van der Waals surface area (Å²) in [7, 11) is 4.11. The Hall–Kier alpha value is -1.81. The average Bonchev–Trinajstić information content (AvgIpc) is 3.38. The number of amides is 2. The molecule has 8 nitrogen and oxygen atoms in total. The molecule has 0 aromatic heterocycles. The van der Waals surface area contributed by atoms with Crippen molar-refractivity contribution in [2.75, 3.05) is 26.4 Å². The number of carbonyl (C=O) groups excluding carboxylic acids is 3. The van der Waals surface area contributed by atoms with Gasteiger partial charge in [0.2, 0.25) is 11.7 Å². The van der Waals surface area contributed by atoms with Crippen LogP contribution >= 0.6 is 36.6 Å². The molecule has 0 bridgehead atoms. The molecule has 11 heteroatoms. The lowest BCUT2D eigenvalue weighted by Gasteiger charge is -2.31. The highest BCUT2D eigenvalue weighted by atomic mass is 35.5. The lowest BCUT2D eigenvalue weighted by atomic mass is 9.81.